The summed E-state index contributed by atoms with van der Waals surface area (Å²) in [6, 6.07) is 8.70. The summed E-state index contributed by atoms with van der Waals surface area (Å²) in [6.45, 7) is 3.53. The van der Waals surface area contributed by atoms with Crippen molar-refractivity contribution < 1.29 is 14.6 Å². The standard InChI is InChI=1S/C16H16N4O3/c1-2-17-9-12-8-15(19-10-18-12)23-13-3-4-14-11(7-13)5-6-20(14)16(21)22/h3-8,10,17H,2,9H2,1H3,(H,21,22). The molecule has 0 amide bonds. The quantitative estimate of drug-likeness (QED) is 0.753. The Bertz CT molecular complexity index is 844. The number of rotatable bonds is 5. The van der Waals surface area contributed by atoms with Crippen LogP contribution in [0.25, 0.3) is 10.9 Å². The zero-order chi connectivity index (χ0) is 16.2. The highest BCUT2D eigenvalue weighted by Gasteiger charge is 2.08. The lowest BCUT2D eigenvalue weighted by Crippen LogP contribution is -2.13. The van der Waals surface area contributed by atoms with Crippen molar-refractivity contribution in [2.45, 2.75) is 13.5 Å². The fraction of sp³-hybridized carbons (Fsp3) is 0.188. The molecule has 0 aliphatic heterocycles. The van der Waals surface area contributed by atoms with Crippen molar-refractivity contribution in [2.75, 3.05) is 6.54 Å². The summed E-state index contributed by atoms with van der Waals surface area (Å²) < 4.78 is 6.91. The van der Waals surface area contributed by atoms with Crippen LogP contribution in [0.5, 0.6) is 11.6 Å². The molecule has 2 heterocycles. The van der Waals surface area contributed by atoms with Crippen molar-refractivity contribution in [1.29, 1.82) is 0 Å². The molecule has 118 valence electrons. The maximum Gasteiger partial charge on any atom is 0.415 e. The highest BCUT2D eigenvalue weighted by Crippen LogP contribution is 2.25. The van der Waals surface area contributed by atoms with E-state index in [1.807, 2.05) is 6.92 Å². The average molecular weight is 312 g/mol. The van der Waals surface area contributed by atoms with Gasteiger partial charge in [0.05, 0.1) is 11.2 Å². The first-order valence-electron chi connectivity index (χ1n) is 7.21. The van der Waals surface area contributed by atoms with Crippen molar-refractivity contribution in [3.8, 4) is 11.6 Å². The average Bonchev–Trinajstić information content (AvgIpc) is 2.96. The predicted octanol–water partition coefficient (Wildman–Crippen LogP) is 2.86. The van der Waals surface area contributed by atoms with E-state index in [2.05, 4.69) is 15.3 Å². The van der Waals surface area contributed by atoms with Crippen LogP contribution < -0.4 is 10.1 Å². The summed E-state index contributed by atoms with van der Waals surface area (Å²) in [4.78, 5) is 19.3. The normalized spacial score (nSPS) is 10.8. The van der Waals surface area contributed by atoms with E-state index in [9.17, 15) is 4.79 Å². The lowest BCUT2D eigenvalue weighted by Gasteiger charge is -2.07. The molecule has 2 aromatic heterocycles. The van der Waals surface area contributed by atoms with Gasteiger partial charge in [0.15, 0.2) is 0 Å². The molecule has 0 spiro atoms. The molecule has 3 aromatic rings. The number of nitrogens with one attached hydrogen (secondary N) is 1. The predicted molar refractivity (Wildman–Crippen MR) is 84.8 cm³/mol. The van der Waals surface area contributed by atoms with Gasteiger partial charge in [-0.15, -0.1) is 0 Å². The minimum absolute atomic E-state index is 0.449. The largest absolute Gasteiger partial charge is 0.464 e. The third kappa shape index (κ3) is 3.29. The van der Waals surface area contributed by atoms with Gasteiger partial charge in [-0.25, -0.2) is 14.8 Å². The van der Waals surface area contributed by atoms with Gasteiger partial charge in [0.2, 0.25) is 5.88 Å². The number of ether oxygens (including phenoxy) is 1. The van der Waals surface area contributed by atoms with Gasteiger partial charge in [-0.05, 0) is 30.8 Å². The summed E-state index contributed by atoms with van der Waals surface area (Å²) in [6.07, 6.45) is 1.95. The van der Waals surface area contributed by atoms with Gasteiger partial charge in [0.25, 0.3) is 0 Å². The van der Waals surface area contributed by atoms with Gasteiger partial charge < -0.3 is 15.2 Å². The van der Waals surface area contributed by atoms with E-state index in [0.29, 0.717) is 23.7 Å². The van der Waals surface area contributed by atoms with Gasteiger partial charge >= 0.3 is 6.09 Å². The van der Waals surface area contributed by atoms with Crippen LogP contribution in [0, 0.1) is 0 Å². The number of carboxylic acid groups (broad SMARTS) is 1. The van der Waals surface area contributed by atoms with E-state index in [1.54, 1.807) is 30.3 Å². The summed E-state index contributed by atoms with van der Waals surface area (Å²) in [5.41, 5.74) is 1.45. The van der Waals surface area contributed by atoms with Crippen molar-refractivity contribution in [3.63, 3.8) is 0 Å². The maximum absolute atomic E-state index is 11.1. The van der Waals surface area contributed by atoms with Crippen LogP contribution in [0.15, 0.2) is 42.9 Å². The van der Waals surface area contributed by atoms with Crippen molar-refractivity contribution in [3.05, 3.63) is 48.5 Å². The molecule has 7 nitrogen and oxygen atoms in total. The summed E-state index contributed by atoms with van der Waals surface area (Å²) in [7, 11) is 0. The molecule has 7 heteroatoms. The lowest BCUT2D eigenvalue weighted by molar-refractivity contribution is 0.197. The summed E-state index contributed by atoms with van der Waals surface area (Å²) in [5, 5.41) is 13.1. The van der Waals surface area contributed by atoms with E-state index in [4.69, 9.17) is 9.84 Å². The fourth-order valence-corrected chi connectivity index (χ4v) is 2.25. The zero-order valence-corrected chi connectivity index (χ0v) is 12.6. The SMILES string of the molecule is CCNCc1cc(Oc2ccc3c(ccn3C(=O)O)c2)ncn1. The molecule has 1 aromatic carbocycles. The van der Waals surface area contributed by atoms with E-state index < -0.39 is 6.09 Å². The number of fused-ring (bicyclic) bond motifs is 1. The third-order valence-corrected chi connectivity index (χ3v) is 3.34. The van der Waals surface area contributed by atoms with E-state index in [0.717, 1.165) is 17.6 Å². The number of aromatic nitrogens is 3. The fourth-order valence-electron chi connectivity index (χ4n) is 2.25. The minimum atomic E-state index is -1.02. The highest BCUT2D eigenvalue weighted by atomic mass is 16.5. The molecule has 0 radical (unpaired) electrons. The molecule has 0 atom stereocenters. The number of benzene rings is 1. The Hall–Kier alpha value is -2.93. The Morgan fingerprint density at radius 1 is 1.30 bits per heavy atom. The first-order valence-corrected chi connectivity index (χ1v) is 7.21. The molecular weight excluding hydrogens is 296 g/mol. The Morgan fingerprint density at radius 3 is 2.96 bits per heavy atom. The smallest absolute Gasteiger partial charge is 0.415 e. The number of hydrogen-bond donors (Lipinski definition) is 2. The molecule has 0 unspecified atom stereocenters. The van der Waals surface area contributed by atoms with Gasteiger partial charge in [0.1, 0.15) is 12.1 Å². The van der Waals surface area contributed by atoms with Gasteiger partial charge in [0, 0.05) is 24.2 Å². The van der Waals surface area contributed by atoms with Crippen LogP contribution in [0.3, 0.4) is 0 Å². The molecule has 0 saturated heterocycles. The van der Waals surface area contributed by atoms with Crippen LogP contribution in [0.2, 0.25) is 0 Å². The monoisotopic (exact) mass is 312 g/mol. The minimum Gasteiger partial charge on any atom is -0.464 e. The molecular formula is C16H16N4O3. The number of nitrogens with zero attached hydrogens (tertiary/aromatic N) is 3. The Balaban J connectivity index is 1.83. The van der Waals surface area contributed by atoms with E-state index in [1.165, 1.54) is 17.1 Å². The van der Waals surface area contributed by atoms with Crippen LogP contribution in [0.1, 0.15) is 12.6 Å². The first kappa shape index (κ1) is 15.0. The van der Waals surface area contributed by atoms with Gasteiger partial charge in [-0.2, -0.15) is 0 Å². The molecule has 0 aliphatic rings. The number of hydrogen-bond acceptors (Lipinski definition) is 5. The molecule has 0 saturated carbocycles. The molecule has 0 aliphatic carbocycles. The summed E-state index contributed by atoms with van der Waals surface area (Å²) in [5.74, 6) is 1.04. The molecule has 23 heavy (non-hydrogen) atoms. The Morgan fingerprint density at radius 2 is 2.17 bits per heavy atom. The molecule has 2 N–H and O–H groups in total. The first-order chi connectivity index (χ1) is 11.2. The second kappa shape index (κ2) is 6.45. The second-order valence-electron chi connectivity index (χ2n) is 4.92. The molecule has 3 rings (SSSR count). The summed E-state index contributed by atoms with van der Waals surface area (Å²) >= 11 is 0. The van der Waals surface area contributed by atoms with Crippen LogP contribution >= 0.6 is 0 Å². The van der Waals surface area contributed by atoms with Crippen LogP contribution in [0.4, 0.5) is 4.79 Å². The Kier molecular flexibility index (Phi) is 4.20. The third-order valence-electron chi connectivity index (χ3n) is 3.34. The van der Waals surface area contributed by atoms with Gasteiger partial charge in [-0.1, -0.05) is 6.92 Å². The van der Waals surface area contributed by atoms with Crippen LogP contribution in [-0.4, -0.2) is 32.3 Å². The van der Waals surface area contributed by atoms with Crippen molar-refractivity contribution >= 4 is 17.0 Å². The van der Waals surface area contributed by atoms with Crippen molar-refractivity contribution in [2.24, 2.45) is 0 Å². The van der Waals surface area contributed by atoms with Gasteiger partial charge in [-0.3, -0.25) is 4.57 Å². The van der Waals surface area contributed by atoms with Crippen LogP contribution in [-0.2, 0) is 6.54 Å². The molecule has 0 fully saturated rings. The Labute approximate surface area is 132 Å². The molecule has 0 bridgehead atoms. The van der Waals surface area contributed by atoms with Crippen molar-refractivity contribution in [1.82, 2.24) is 19.9 Å². The lowest BCUT2D eigenvalue weighted by atomic mass is 10.2. The zero-order valence-electron chi connectivity index (χ0n) is 12.6. The number of carbonyl (C=O) groups is 1. The topological polar surface area (TPSA) is 89.3 Å². The second-order valence-corrected chi connectivity index (χ2v) is 4.92. The van der Waals surface area contributed by atoms with E-state index >= 15 is 0 Å². The van der Waals surface area contributed by atoms with E-state index in [-0.39, 0.29) is 0 Å². The highest BCUT2D eigenvalue weighted by molar-refractivity contribution is 5.89. The maximum atomic E-state index is 11.1.